The maximum absolute atomic E-state index is 12.5. The highest BCUT2D eigenvalue weighted by molar-refractivity contribution is 6.04. The minimum Gasteiger partial charge on any atom is -0.470 e. The number of esters is 1. The van der Waals surface area contributed by atoms with Gasteiger partial charge < -0.3 is 14.0 Å². The molecule has 1 aromatic carbocycles. The number of carbonyl (C=O) groups excluding carboxylic acids is 2. The van der Waals surface area contributed by atoms with E-state index in [0.29, 0.717) is 29.0 Å². The molecule has 1 aliphatic rings. The predicted octanol–water partition coefficient (Wildman–Crippen LogP) is 1.22. The van der Waals surface area contributed by atoms with Crippen LogP contribution in [0.1, 0.15) is 22.8 Å². The third kappa shape index (κ3) is 2.16. The van der Waals surface area contributed by atoms with E-state index < -0.39 is 0 Å². The monoisotopic (exact) mass is 301 g/mol. The molecule has 0 saturated carbocycles. The van der Waals surface area contributed by atoms with Gasteiger partial charge in [-0.15, -0.1) is 0 Å². The number of ketones is 1. The molecule has 0 radical (unpaired) electrons. The lowest BCUT2D eigenvalue weighted by atomic mass is 10.0. The van der Waals surface area contributed by atoms with Crippen molar-refractivity contribution in [1.82, 2.24) is 4.57 Å². The second kappa shape index (κ2) is 5.29. The zero-order valence-electron chi connectivity index (χ0n) is 12.3. The van der Waals surface area contributed by atoms with Crippen LogP contribution in [-0.2, 0) is 23.0 Å². The Morgan fingerprint density at radius 2 is 2.14 bits per heavy atom. The van der Waals surface area contributed by atoms with Crippen LogP contribution in [0, 0.1) is 0 Å². The van der Waals surface area contributed by atoms with Crippen molar-refractivity contribution in [3.63, 3.8) is 0 Å². The van der Waals surface area contributed by atoms with E-state index in [-0.39, 0.29) is 35.8 Å². The van der Waals surface area contributed by atoms with Crippen molar-refractivity contribution < 1.29 is 19.1 Å². The smallest absolute Gasteiger partial charge is 0.310 e. The lowest BCUT2D eigenvalue weighted by molar-refractivity contribution is -0.142. The quantitative estimate of drug-likeness (QED) is 0.797. The van der Waals surface area contributed by atoms with Crippen LogP contribution >= 0.6 is 0 Å². The van der Waals surface area contributed by atoms with Crippen LogP contribution < -0.4 is 10.2 Å². The van der Waals surface area contributed by atoms with Crippen LogP contribution in [-0.4, -0.2) is 29.5 Å². The maximum Gasteiger partial charge on any atom is 0.310 e. The number of carbonyl (C=O) groups is 2. The van der Waals surface area contributed by atoms with Gasteiger partial charge in [0.2, 0.25) is 17.1 Å². The Hall–Kier alpha value is -2.63. The number of aromatic nitrogens is 1. The number of nitrogens with zero attached hydrogens (tertiary/aromatic N) is 1. The van der Waals surface area contributed by atoms with Gasteiger partial charge in [0, 0.05) is 12.4 Å². The van der Waals surface area contributed by atoms with E-state index >= 15 is 0 Å². The van der Waals surface area contributed by atoms with Crippen molar-refractivity contribution in [2.24, 2.45) is 7.05 Å². The van der Waals surface area contributed by atoms with E-state index in [1.54, 1.807) is 36.7 Å². The van der Waals surface area contributed by atoms with Crippen LogP contribution in [0.25, 0.3) is 10.9 Å². The molecule has 6 heteroatoms. The highest BCUT2D eigenvalue weighted by atomic mass is 16.5. The largest absolute Gasteiger partial charge is 0.470 e. The number of aryl methyl sites for hydroxylation is 1. The first-order valence-electron chi connectivity index (χ1n) is 7.00. The van der Waals surface area contributed by atoms with Gasteiger partial charge in [-0.05, 0) is 24.6 Å². The molecule has 0 N–H and O–H groups in total. The number of Topliss-reactive ketones (excluding diaryl/α,β-unsaturated/α-hetero) is 1. The van der Waals surface area contributed by atoms with Gasteiger partial charge in [-0.3, -0.25) is 14.4 Å². The van der Waals surface area contributed by atoms with Crippen LogP contribution in [0.5, 0.6) is 5.88 Å². The zero-order chi connectivity index (χ0) is 15.9. The number of hydrogen-bond acceptors (Lipinski definition) is 5. The van der Waals surface area contributed by atoms with E-state index in [9.17, 15) is 14.4 Å². The van der Waals surface area contributed by atoms with Crippen LogP contribution in [0.15, 0.2) is 23.0 Å². The summed E-state index contributed by atoms with van der Waals surface area (Å²) in [5.74, 6) is -0.354. The Balaban J connectivity index is 2.15. The average molecular weight is 301 g/mol. The summed E-state index contributed by atoms with van der Waals surface area (Å²) in [6.45, 7) is 1.95. The van der Waals surface area contributed by atoms with Crippen molar-refractivity contribution in [1.29, 1.82) is 0 Å². The molecule has 3 rings (SSSR count). The molecule has 0 bridgehead atoms. The SMILES string of the molecule is CCOC(=O)Cc1ccc2c(c1)c(=O)c1c(n2C)OCC1=O. The molecule has 0 aliphatic carbocycles. The van der Waals surface area contributed by atoms with Crippen LogP contribution in [0.4, 0.5) is 0 Å². The summed E-state index contributed by atoms with van der Waals surface area (Å²) in [6.07, 6.45) is 0.0917. The number of pyridine rings is 1. The predicted molar refractivity (Wildman–Crippen MR) is 79.4 cm³/mol. The fourth-order valence-corrected chi connectivity index (χ4v) is 2.68. The lowest BCUT2D eigenvalue weighted by Gasteiger charge is -2.11. The fourth-order valence-electron chi connectivity index (χ4n) is 2.68. The molecule has 0 spiro atoms. The Kier molecular flexibility index (Phi) is 3.44. The third-order valence-corrected chi connectivity index (χ3v) is 3.69. The normalized spacial score (nSPS) is 13.1. The van der Waals surface area contributed by atoms with E-state index in [0.717, 1.165) is 0 Å². The first-order valence-corrected chi connectivity index (χ1v) is 7.00. The van der Waals surface area contributed by atoms with Gasteiger partial charge in [0.05, 0.1) is 18.5 Å². The van der Waals surface area contributed by atoms with Crippen molar-refractivity contribution in [2.45, 2.75) is 13.3 Å². The second-order valence-electron chi connectivity index (χ2n) is 5.11. The summed E-state index contributed by atoms with van der Waals surface area (Å²) in [4.78, 5) is 35.9. The molecular weight excluding hydrogens is 286 g/mol. The van der Waals surface area contributed by atoms with E-state index in [4.69, 9.17) is 9.47 Å². The number of ether oxygens (including phenoxy) is 2. The summed E-state index contributed by atoms with van der Waals surface area (Å²) in [6, 6.07) is 5.15. The molecule has 0 atom stereocenters. The molecule has 0 unspecified atom stereocenters. The third-order valence-electron chi connectivity index (χ3n) is 3.69. The highest BCUT2D eigenvalue weighted by Gasteiger charge is 2.28. The first kappa shape index (κ1) is 14.3. The summed E-state index contributed by atoms with van der Waals surface area (Å²) in [5, 5.41) is 0.405. The summed E-state index contributed by atoms with van der Waals surface area (Å²) in [5.41, 5.74) is 1.07. The van der Waals surface area contributed by atoms with Crippen molar-refractivity contribution in [2.75, 3.05) is 13.2 Å². The maximum atomic E-state index is 12.5. The topological polar surface area (TPSA) is 74.6 Å². The Labute approximate surface area is 126 Å². The molecule has 22 heavy (non-hydrogen) atoms. The number of hydrogen-bond donors (Lipinski definition) is 0. The van der Waals surface area contributed by atoms with Gasteiger partial charge >= 0.3 is 5.97 Å². The number of rotatable bonds is 3. The van der Waals surface area contributed by atoms with Crippen molar-refractivity contribution in [3.8, 4) is 5.88 Å². The van der Waals surface area contributed by atoms with Crippen LogP contribution in [0.2, 0.25) is 0 Å². The molecule has 6 nitrogen and oxygen atoms in total. The standard InChI is InChI=1S/C16H15NO5/c1-3-21-13(19)7-9-4-5-11-10(6-9)15(20)14-12(18)8-22-16(14)17(11)2/h4-6H,3,7-8H2,1-2H3. The minimum atomic E-state index is -0.351. The second-order valence-corrected chi connectivity index (χ2v) is 5.11. The van der Waals surface area contributed by atoms with Gasteiger partial charge in [-0.25, -0.2) is 0 Å². The molecule has 2 heterocycles. The molecule has 0 fully saturated rings. The zero-order valence-corrected chi connectivity index (χ0v) is 12.3. The molecule has 2 aromatic rings. The van der Waals surface area contributed by atoms with E-state index in [2.05, 4.69) is 0 Å². The molecule has 1 aromatic heterocycles. The molecule has 1 aliphatic heterocycles. The van der Waals surface area contributed by atoms with Crippen LogP contribution in [0.3, 0.4) is 0 Å². The Morgan fingerprint density at radius 1 is 1.36 bits per heavy atom. The first-order chi connectivity index (χ1) is 10.5. The Bertz CT molecular complexity index is 850. The van der Waals surface area contributed by atoms with Crippen molar-refractivity contribution in [3.05, 3.63) is 39.5 Å². The fraction of sp³-hybridized carbons (Fsp3) is 0.312. The van der Waals surface area contributed by atoms with E-state index in [1.807, 2.05) is 0 Å². The number of benzene rings is 1. The van der Waals surface area contributed by atoms with Gasteiger partial charge in [0.15, 0.2) is 6.61 Å². The van der Waals surface area contributed by atoms with Gasteiger partial charge in [-0.1, -0.05) is 6.07 Å². The van der Waals surface area contributed by atoms with E-state index in [1.165, 1.54) is 0 Å². The number of fused-ring (bicyclic) bond motifs is 2. The summed E-state index contributed by atoms with van der Waals surface area (Å²) >= 11 is 0. The van der Waals surface area contributed by atoms with Gasteiger partial charge in [-0.2, -0.15) is 0 Å². The van der Waals surface area contributed by atoms with Gasteiger partial charge in [0.1, 0.15) is 5.56 Å². The van der Waals surface area contributed by atoms with Crippen molar-refractivity contribution >= 4 is 22.7 Å². The molecule has 114 valence electrons. The molecule has 0 amide bonds. The summed E-state index contributed by atoms with van der Waals surface area (Å²) < 4.78 is 11.9. The Morgan fingerprint density at radius 3 is 2.86 bits per heavy atom. The summed E-state index contributed by atoms with van der Waals surface area (Å²) in [7, 11) is 1.74. The van der Waals surface area contributed by atoms with Gasteiger partial charge in [0.25, 0.3) is 0 Å². The molecule has 0 saturated heterocycles. The highest BCUT2D eigenvalue weighted by Crippen LogP contribution is 2.26. The average Bonchev–Trinajstić information content (AvgIpc) is 2.87. The lowest BCUT2D eigenvalue weighted by Crippen LogP contribution is -2.16. The minimum absolute atomic E-state index is 0.0864. The molecular formula is C16H15NO5.